The number of rotatable bonds is 11. The fourth-order valence-electron chi connectivity index (χ4n) is 7.78. The summed E-state index contributed by atoms with van der Waals surface area (Å²) in [4.78, 5) is 14.0. The van der Waals surface area contributed by atoms with Crippen LogP contribution in [0, 0.1) is 23.7 Å². The quantitative estimate of drug-likeness (QED) is 0.147. The van der Waals surface area contributed by atoms with Gasteiger partial charge in [0.25, 0.3) is 0 Å². The van der Waals surface area contributed by atoms with E-state index in [9.17, 15) is 15.0 Å². The van der Waals surface area contributed by atoms with Gasteiger partial charge < -0.3 is 33.9 Å². The highest BCUT2D eigenvalue weighted by Crippen LogP contribution is 2.42. The highest BCUT2D eigenvalue weighted by atomic mass is 16.6. The third-order valence-electron chi connectivity index (χ3n) is 10.9. The topological polar surface area (TPSA) is 104 Å². The van der Waals surface area contributed by atoms with Crippen LogP contribution in [0.5, 0.6) is 5.75 Å². The van der Waals surface area contributed by atoms with Crippen LogP contribution in [0.3, 0.4) is 0 Å². The fourth-order valence-corrected chi connectivity index (χ4v) is 7.78. The van der Waals surface area contributed by atoms with E-state index >= 15 is 0 Å². The molecule has 8 nitrogen and oxygen atoms in total. The Hall–Kier alpha value is -4.47. The third-order valence-corrected chi connectivity index (χ3v) is 10.9. The Labute approximate surface area is 334 Å². The average Bonchev–Trinajstić information content (AvgIpc) is 3.21. The van der Waals surface area contributed by atoms with Gasteiger partial charge in [0.05, 0.1) is 33.0 Å². The van der Waals surface area contributed by atoms with Crippen LogP contribution in [-0.4, -0.2) is 68.5 Å². The van der Waals surface area contributed by atoms with Gasteiger partial charge in [-0.05, 0) is 67.5 Å². The molecule has 4 rings (SSSR count). The molecule has 302 valence electrons. The first-order valence-electron chi connectivity index (χ1n) is 19.7. The zero-order valence-corrected chi connectivity index (χ0v) is 34.6. The van der Waals surface area contributed by atoms with Crippen LogP contribution in [0.1, 0.15) is 71.1 Å². The van der Waals surface area contributed by atoms with E-state index in [1.807, 2.05) is 127 Å². The maximum atomic E-state index is 14.0. The van der Waals surface area contributed by atoms with Crippen LogP contribution in [0.2, 0.25) is 0 Å². The molecule has 8 heteroatoms. The monoisotopic (exact) mass is 766 g/mol. The van der Waals surface area contributed by atoms with E-state index in [1.54, 1.807) is 20.3 Å². The Morgan fingerprint density at radius 2 is 1.43 bits per heavy atom. The van der Waals surface area contributed by atoms with Crippen molar-refractivity contribution in [1.29, 1.82) is 0 Å². The Morgan fingerprint density at radius 1 is 0.839 bits per heavy atom. The number of aliphatic hydroxyl groups excluding tert-OH is 2. The van der Waals surface area contributed by atoms with Crippen LogP contribution < -0.4 is 4.74 Å². The predicted molar refractivity (Wildman–Crippen MR) is 222 cm³/mol. The summed E-state index contributed by atoms with van der Waals surface area (Å²) in [6.07, 6.45) is 7.62. The van der Waals surface area contributed by atoms with E-state index in [4.69, 9.17) is 23.7 Å². The van der Waals surface area contributed by atoms with Gasteiger partial charge >= 0.3 is 5.97 Å². The Morgan fingerprint density at radius 3 is 1.96 bits per heavy atom. The summed E-state index contributed by atoms with van der Waals surface area (Å²) in [5.41, 5.74) is 3.52. The minimum Gasteiger partial charge on any atom is -0.497 e. The lowest BCUT2D eigenvalue weighted by atomic mass is 9.79. The van der Waals surface area contributed by atoms with E-state index in [1.165, 1.54) is 7.11 Å². The molecule has 2 N–H and O–H groups in total. The Bertz CT molecular complexity index is 1740. The van der Waals surface area contributed by atoms with Crippen LogP contribution in [0.15, 0.2) is 132 Å². The summed E-state index contributed by atoms with van der Waals surface area (Å²) in [6, 6.07) is 28.1. The number of benzene rings is 3. The number of carbonyl (C=O) groups is 1. The minimum absolute atomic E-state index is 0.0103. The van der Waals surface area contributed by atoms with Crippen molar-refractivity contribution in [1.82, 2.24) is 0 Å². The number of cyclic esters (lactones) is 1. The molecular weight excluding hydrogens is 705 g/mol. The van der Waals surface area contributed by atoms with Gasteiger partial charge in [0.1, 0.15) is 23.6 Å². The Balaban J connectivity index is 1.80. The van der Waals surface area contributed by atoms with E-state index in [2.05, 4.69) is 24.3 Å². The molecule has 1 aliphatic rings. The normalized spacial score (nSPS) is 28.4. The molecule has 0 aliphatic carbocycles. The average molecular weight is 767 g/mol. The molecule has 56 heavy (non-hydrogen) atoms. The molecule has 0 radical (unpaired) electrons. The molecule has 1 aliphatic heterocycles. The van der Waals surface area contributed by atoms with Gasteiger partial charge in [0.15, 0.2) is 0 Å². The molecule has 0 saturated heterocycles. The SMILES string of the molecule is CCC1[C@@H](O)[C@H](C)C/C(C)=C/C=C/[C@H](OC)C([C@@H](C)COC(c2ccccc2)(c2ccccc2)c2ccc(OC)cc2)OC(=O)/C(OC)=C/C(C)=C/[C@@H](C)[C@H]1O. The number of esters is 1. The van der Waals surface area contributed by atoms with E-state index in [-0.39, 0.29) is 36.0 Å². The molecule has 0 fully saturated rings. The molecule has 3 aromatic carbocycles. The van der Waals surface area contributed by atoms with Crippen molar-refractivity contribution in [3.63, 3.8) is 0 Å². The van der Waals surface area contributed by atoms with Gasteiger partial charge in [-0.2, -0.15) is 0 Å². The smallest absolute Gasteiger partial charge is 0.373 e. The van der Waals surface area contributed by atoms with Crippen molar-refractivity contribution in [3.05, 3.63) is 149 Å². The highest BCUT2D eigenvalue weighted by Gasteiger charge is 2.40. The minimum atomic E-state index is -1.03. The molecular formula is C48H62O8. The Kier molecular flexibility index (Phi) is 16.7. The number of hydrogen-bond donors (Lipinski definition) is 2. The summed E-state index contributed by atoms with van der Waals surface area (Å²) in [5, 5.41) is 22.8. The van der Waals surface area contributed by atoms with Gasteiger partial charge in [-0.3, -0.25) is 0 Å². The van der Waals surface area contributed by atoms with Crippen LogP contribution in [-0.2, 0) is 29.3 Å². The summed E-state index contributed by atoms with van der Waals surface area (Å²) >= 11 is 0. The third kappa shape index (κ3) is 10.9. The largest absolute Gasteiger partial charge is 0.497 e. The number of hydrogen-bond acceptors (Lipinski definition) is 8. The number of aliphatic hydroxyl groups is 2. The van der Waals surface area contributed by atoms with Gasteiger partial charge in [-0.25, -0.2) is 4.79 Å². The number of allylic oxidation sites excluding steroid dienone is 5. The number of carbonyl (C=O) groups excluding carboxylic acids is 1. The van der Waals surface area contributed by atoms with Gasteiger partial charge in [-0.1, -0.05) is 136 Å². The first kappa shape index (κ1) is 44.2. The zero-order chi connectivity index (χ0) is 40.8. The maximum absolute atomic E-state index is 14.0. The second-order valence-corrected chi connectivity index (χ2v) is 15.1. The van der Waals surface area contributed by atoms with Crippen LogP contribution in [0.4, 0.5) is 0 Å². The standard InChI is InChI=1S/C48H62O8/c1-10-41-44(49)34(4)28-32(2)18-17-23-42(53-8)46(56-47(51)43(54-9)30-33(3)29-35(5)45(41)50)36(6)31-55-48(37-19-13-11-14-20-37,38-21-15-12-16-22-38)39-24-26-40(52-7)27-25-39/h11-27,29-30,34-36,41-42,44-46,49-50H,10,28,31H2,1-9H3/b23-17+,32-18+,33-29+,43-30-/t34-,35-,36+,41?,42+,44+,45-,46?/m1/s1. The van der Waals surface area contributed by atoms with Gasteiger partial charge in [-0.15, -0.1) is 0 Å². The molecule has 2 unspecified atom stereocenters. The number of ether oxygens (including phenoxy) is 5. The molecule has 0 amide bonds. The van der Waals surface area contributed by atoms with Crippen molar-refractivity contribution >= 4 is 5.97 Å². The van der Waals surface area contributed by atoms with E-state index in [0.29, 0.717) is 18.4 Å². The molecule has 0 bridgehead atoms. The van der Waals surface area contributed by atoms with Crippen molar-refractivity contribution in [2.24, 2.45) is 23.7 Å². The van der Waals surface area contributed by atoms with Crippen molar-refractivity contribution < 1.29 is 38.7 Å². The fraction of sp³-hybridized carbons (Fsp3) is 0.438. The number of methoxy groups -OCH3 is 3. The molecule has 3 aromatic rings. The van der Waals surface area contributed by atoms with E-state index in [0.717, 1.165) is 28.0 Å². The molecule has 0 spiro atoms. The second-order valence-electron chi connectivity index (χ2n) is 15.1. The van der Waals surface area contributed by atoms with Crippen molar-refractivity contribution in [2.45, 2.75) is 84.4 Å². The molecule has 8 atom stereocenters. The van der Waals surface area contributed by atoms with Gasteiger partial charge in [0, 0.05) is 24.9 Å². The van der Waals surface area contributed by atoms with Crippen molar-refractivity contribution in [3.8, 4) is 5.75 Å². The van der Waals surface area contributed by atoms with Crippen molar-refractivity contribution in [2.75, 3.05) is 27.9 Å². The molecule has 0 aromatic heterocycles. The lowest BCUT2D eigenvalue weighted by Crippen LogP contribution is -2.42. The second kappa shape index (κ2) is 21.2. The van der Waals surface area contributed by atoms with Crippen LogP contribution in [0.25, 0.3) is 0 Å². The molecule has 1 heterocycles. The summed E-state index contributed by atoms with van der Waals surface area (Å²) in [6.45, 7) is 11.9. The predicted octanol–water partition coefficient (Wildman–Crippen LogP) is 8.97. The lowest BCUT2D eigenvalue weighted by molar-refractivity contribution is -0.160. The lowest BCUT2D eigenvalue weighted by Gasteiger charge is -2.38. The van der Waals surface area contributed by atoms with E-state index < -0.39 is 36.0 Å². The maximum Gasteiger partial charge on any atom is 0.373 e. The molecule has 0 saturated carbocycles. The summed E-state index contributed by atoms with van der Waals surface area (Å²) in [7, 11) is 4.67. The highest BCUT2D eigenvalue weighted by molar-refractivity contribution is 5.87. The first-order valence-corrected chi connectivity index (χ1v) is 19.7. The van der Waals surface area contributed by atoms with Crippen LogP contribution >= 0.6 is 0 Å². The zero-order valence-electron chi connectivity index (χ0n) is 34.6. The summed E-state index contributed by atoms with van der Waals surface area (Å²) < 4.78 is 30.7. The summed E-state index contributed by atoms with van der Waals surface area (Å²) in [5.74, 6) is -1.01. The first-order chi connectivity index (χ1) is 26.9. The van der Waals surface area contributed by atoms with Gasteiger partial charge in [0.2, 0.25) is 5.76 Å².